The average Bonchev–Trinajstić information content (AvgIpc) is 3.33. The number of hydrogen-bond acceptors (Lipinski definition) is 5. The molecule has 4 aromatic rings. The van der Waals surface area contributed by atoms with Crippen molar-refractivity contribution >= 4 is 22.9 Å². The number of benzene rings is 1. The van der Waals surface area contributed by atoms with Crippen molar-refractivity contribution in [2.24, 2.45) is 14.1 Å². The number of aryl methyl sites for hydroxylation is 3. The lowest BCUT2D eigenvalue weighted by Crippen LogP contribution is -2.39. The summed E-state index contributed by atoms with van der Waals surface area (Å²) in [6, 6.07) is 8.15. The first-order valence-electron chi connectivity index (χ1n) is 9.32. The predicted octanol–water partition coefficient (Wildman–Crippen LogP) is 2.11. The van der Waals surface area contributed by atoms with Crippen LogP contribution in [0.5, 0.6) is 0 Å². The van der Waals surface area contributed by atoms with Crippen LogP contribution in [0.4, 0.5) is 0 Å². The number of imidazole rings is 2. The zero-order valence-electron chi connectivity index (χ0n) is 16.6. The van der Waals surface area contributed by atoms with E-state index >= 15 is 0 Å². The molecule has 9 heteroatoms. The lowest BCUT2D eigenvalue weighted by Gasteiger charge is -2.11. The number of nitrogens with zero attached hydrogens (tertiary/aromatic N) is 6. The van der Waals surface area contributed by atoms with Gasteiger partial charge in [0.2, 0.25) is 0 Å². The first kappa shape index (κ1) is 19.3. The van der Waals surface area contributed by atoms with E-state index in [9.17, 15) is 9.59 Å². The summed E-state index contributed by atoms with van der Waals surface area (Å²) in [7, 11) is 3.40. The van der Waals surface area contributed by atoms with E-state index in [1.165, 1.54) is 14.7 Å². The van der Waals surface area contributed by atoms with Crippen LogP contribution in [-0.2, 0) is 20.6 Å². The monoisotopic (exact) mass is 410 g/mol. The topological polar surface area (TPSA) is 79.6 Å². The third-order valence-electron chi connectivity index (χ3n) is 4.94. The van der Waals surface area contributed by atoms with E-state index in [2.05, 4.69) is 33.6 Å². The highest BCUT2D eigenvalue weighted by atomic mass is 32.2. The normalized spacial score (nSPS) is 11.4. The van der Waals surface area contributed by atoms with Gasteiger partial charge in [-0.1, -0.05) is 30.0 Å². The van der Waals surface area contributed by atoms with E-state index in [0.717, 1.165) is 16.6 Å². The Morgan fingerprint density at radius 2 is 1.90 bits per heavy atom. The van der Waals surface area contributed by atoms with Crippen molar-refractivity contribution in [3.05, 3.63) is 69.4 Å². The molecule has 29 heavy (non-hydrogen) atoms. The van der Waals surface area contributed by atoms with E-state index in [0.29, 0.717) is 24.1 Å². The van der Waals surface area contributed by atoms with Gasteiger partial charge in [0.1, 0.15) is 0 Å². The molecule has 150 valence electrons. The standard InChI is InChI=1S/C20H22N6O2S/c1-14-7-4-5-8-15(14)25-11-9-21-19(25)29-12-6-10-26-18(27)16-17(22-13-23(16)2)24(3)20(26)28/h4-5,7-9,11,13H,6,10,12H2,1-3H3. The van der Waals surface area contributed by atoms with Gasteiger partial charge in [0.15, 0.2) is 16.3 Å². The van der Waals surface area contributed by atoms with Crippen LogP contribution in [0.15, 0.2) is 57.7 Å². The molecule has 0 aliphatic carbocycles. The molecule has 4 rings (SSSR count). The Kier molecular flexibility index (Phi) is 5.14. The molecule has 0 N–H and O–H groups in total. The Balaban J connectivity index is 1.50. The van der Waals surface area contributed by atoms with E-state index in [4.69, 9.17) is 0 Å². The summed E-state index contributed by atoms with van der Waals surface area (Å²) in [6.45, 7) is 2.42. The summed E-state index contributed by atoms with van der Waals surface area (Å²) in [4.78, 5) is 33.9. The minimum Gasteiger partial charge on any atom is -0.328 e. The molecule has 3 heterocycles. The smallest absolute Gasteiger partial charge is 0.328 e. The lowest BCUT2D eigenvalue weighted by atomic mass is 10.2. The summed E-state index contributed by atoms with van der Waals surface area (Å²) in [6.07, 6.45) is 5.95. The van der Waals surface area contributed by atoms with Crippen molar-refractivity contribution in [3.63, 3.8) is 0 Å². The highest BCUT2D eigenvalue weighted by Crippen LogP contribution is 2.23. The van der Waals surface area contributed by atoms with Gasteiger partial charge in [0.25, 0.3) is 5.56 Å². The molecule has 0 bridgehead atoms. The minimum absolute atomic E-state index is 0.297. The summed E-state index contributed by atoms with van der Waals surface area (Å²) in [5, 5.41) is 0.890. The Morgan fingerprint density at radius 1 is 1.10 bits per heavy atom. The maximum Gasteiger partial charge on any atom is 0.332 e. The van der Waals surface area contributed by atoms with Gasteiger partial charge in [0, 0.05) is 38.8 Å². The highest BCUT2D eigenvalue weighted by molar-refractivity contribution is 7.99. The summed E-state index contributed by atoms with van der Waals surface area (Å²) < 4.78 is 6.43. The van der Waals surface area contributed by atoms with Crippen LogP contribution >= 0.6 is 11.8 Å². The number of para-hydroxylation sites is 1. The van der Waals surface area contributed by atoms with Crippen molar-refractivity contribution in [2.45, 2.75) is 25.0 Å². The van der Waals surface area contributed by atoms with Crippen LogP contribution in [0, 0.1) is 6.92 Å². The SMILES string of the molecule is Cc1ccccc1-n1ccnc1SCCCn1c(=O)c2c(ncn2C)n(C)c1=O. The first-order valence-corrected chi connectivity index (χ1v) is 10.3. The first-order chi connectivity index (χ1) is 14.0. The van der Waals surface area contributed by atoms with E-state index in [-0.39, 0.29) is 11.2 Å². The zero-order chi connectivity index (χ0) is 20.5. The molecular formula is C20H22N6O2S. The molecule has 0 radical (unpaired) electrons. The Morgan fingerprint density at radius 3 is 2.69 bits per heavy atom. The number of rotatable bonds is 6. The van der Waals surface area contributed by atoms with E-state index in [1.54, 1.807) is 42.9 Å². The highest BCUT2D eigenvalue weighted by Gasteiger charge is 2.15. The molecule has 3 aromatic heterocycles. The van der Waals surface area contributed by atoms with Crippen LogP contribution in [-0.4, -0.2) is 34.0 Å². The van der Waals surface area contributed by atoms with Crippen LogP contribution < -0.4 is 11.2 Å². The lowest BCUT2D eigenvalue weighted by molar-refractivity contribution is 0.594. The second kappa shape index (κ2) is 7.75. The van der Waals surface area contributed by atoms with Crippen molar-refractivity contribution in [1.29, 1.82) is 0 Å². The van der Waals surface area contributed by atoms with Crippen molar-refractivity contribution in [3.8, 4) is 5.69 Å². The van der Waals surface area contributed by atoms with Crippen LogP contribution in [0.3, 0.4) is 0 Å². The Bertz CT molecular complexity index is 1300. The third-order valence-corrected chi connectivity index (χ3v) is 5.99. The molecule has 0 aliphatic rings. The quantitative estimate of drug-likeness (QED) is 0.359. The van der Waals surface area contributed by atoms with Gasteiger partial charge in [-0.15, -0.1) is 0 Å². The van der Waals surface area contributed by atoms with E-state index in [1.807, 2.05) is 18.3 Å². The van der Waals surface area contributed by atoms with Crippen LogP contribution in [0.2, 0.25) is 0 Å². The molecule has 0 fully saturated rings. The molecule has 0 atom stereocenters. The maximum atomic E-state index is 12.7. The van der Waals surface area contributed by atoms with Gasteiger partial charge in [-0.25, -0.2) is 14.8 Å². The predicted molar refractivity (Wildman–Crippen MR) is 114 cm³/mol. The molecular weight excluding hydrogens is 388 g/mol. The van der Waals surface area contributed by atoms with Gasteiger partial charge >= 0.3 is 5.69 Å². The fourth-order valence-corrected chi connectivity index (χ4v) is 4.28. The van der Waals surface area contributed by atoms with Gasteiger partial charge in [-0.05, 0) is 25.0 Å². The molecule has 0 saturated heterocycles. The molecule has 8 nitrogen and oxygen atoms in total. The van der Waals surface area contributed by atoms with Gasteiger partial charge < -0.3 is 4.57 Å². The summed E-state index contributed by atoms with van der Waals surface area (Å²) in [5.74, 6) is 0.738. The fourth-order valence-electron chi connectivity index (χ4n) is 3.39. The fraction of sp³-hybridized carbons (Fsp3) is 0.300. The number of fused-ring (bicyclic) bond motifs is 1. The molecule has 0 aliphatic heterocycles. The molecule has 0 unspecified atom stereocenters. The molecule has 0 saturated carbocycles. The molecule has 1 aromatic carbocycles. The van der Waals surface area contributed by atoms with Crippen LogP contribution in [0.1, 0.15) is 12.0 Å². The number of thioether (sulfide) groups is 1. The summed E-state index contributed by atoms with van der Waals surface area (Å²) >= 11 is 1.61. The average molecular weight is 411 g/mol. The molecule has 0 amide bonds. The third kappa shape index (κ3) is 3.42. The van der Waals surface area contributed by atoms with Gasteiger partial charge in [-0.2, -0.15) is 0 Å². The second-order valence-electron chi connectivity index (χ2n) is 6.89. The van der Waals surface area contributed by atoms with Crippen molar-refractivity contribution in [1.82, 2.24) is 28.2 Å². The largest absolute Gasteiger partial charge is 0.332 e. The second-order valence-corrected chi connectivity index (χ2v) is 7.96. The van der Waals surface area contributed by atoms with Gasteiger partial charge in [-0.3, -0.25) is 18.5 Å². The minimum atomic E-state index is -0.340. The maximum absolute atomic E-state index is 12.7. The van der Waals surface area contributed by atoms with Crippen molar-refractivity contribution < 1.29 is 0 Å². The number of hydrogen-bond donors (Lipinski definition) is 0. The van der Waals surface area contributed by atoms with Crippen LogP contribution in [0.25, 0.3) is 16.9 Å². The van der Waals surface area contributed by atoms with Gasteiger partial charge in [0.05, 0.1) is 12.0 Å². The Labute approximate surface area is 171 Å². The van der Waals surface area contributed by atoms with Crippen molar-refractivity contribution in [2.75, 3.05) is 5.75 Å². The summed E-state index contributed by atoms with van der Waals surface area (Å²) in [5.41, 5.74) is 2.48. The zero-order valence-corrected chi connectivity index (χ0v) is 17.4. The number of aromatic nitrogens is 6. The molecule has 0 spiro atoms. The Hall–Kier alpha value is -3.07. The van der Waals surface area contributed by atoms with E-state index < -0.39 is 0 Å².